The Balaban J connectivity index is 1.81. The van der Waals surface area contributed by atoms with E-state index < -0.39 is 41.2 Å². The maximum Gasteiger partial charge on any atom is 0.472 e. The van der Waals surface area contributed by atoms with Crippen LogP contribution in [0, 0.1) is 0 Å². The van der Waals surface area contributed by atoms with Crippen LogP contribution in [0.4, 0.5) is 0 Å². The van der Waals surface area contributed by atoms with Crippen LogP contribution < -0.4 is 14.9 Å². The summed E-state index contributed by atoms with van der Waals surface area (Å²) >= 11 is 0. The van der Waals surface area contributed by atoms with Gasteiger partial charge < -0.3 is 38.6 Å². The molecule has 3 rings (SSSR count). The van der Waals surface area contributed by atoms with Crippen molar-refractivity contribution in [1.82, 2.24) is 0 Å². The highest BCUT2D eigenvalue weighted by Gasteiger charge is 2.16. The van der Waals surface area contributed by atoms with Crippen molar-refractivity contribution in [3.05, 3.63) is 52.9 Å². The summed E-state index contributed by atoms with van der Waals surface area (Å²) in [4.78, 5) is 47.5. The molecule has 166 valence electrons. The van der Waals surface area contributed by atoms with E-state index in [0.29, 0.717) is 5.56 Å². The Hall–Kier alpha value is -2.53. The number of phenols is 1. The largest absolute Gasteiger partial charge is 0.507 e. The Bertz CT molecular complexity index is 1150. The Labute approximate surface area is 175 Å². The van der Waals surface area contributed by atoms with E-state index in [0.717, 1.165) is 6.07 Å². The smallest absolute Gasteiger partial charge is 0.472 e. The van der Waals surface area contributed by atoms with E-state index in [4.69, 9.17) is 33.5 Å². The molecule has 0 saturated heterocycles. The highest BCUT2D eigenvalue weighted by molar-refractivity contribution is 7.46. The lowest BCUT2D eigenvalue weighted by Gasteiger charge is -2.10. The third-order valence-electron chi connectivity index (χ3n) is 3.84. The summed E-state index contributed by atoms with van der Waals surface area (Å²) in [6.07, 6.45) is 1.19. The molecule has 0 aliphatic carbocycles. The molecule has 14 heteroatoms. The van der Waals surface area contributed by atoms with Crippen LogP contribution >= 0.6 is 16.4 Å². The average molecular weight is 474 g/mol. The summed E-state index contributed by atoms with van der Waals surface area (Å²) in [6, 6.07) is 8.42. The summed E-state index contributed by atoms with van der Waals surface area (Å²) in [5.74, 6) is -0.0895. The second-order valence-electron chi connectivity index (χ2n) is 5.84. The molecule has 0 bridgehead atoms. The van der Waals surface area contributed by atoms with Gasteiger partial charge >= 0.3 is 16.4 Å². The van der Waals surface area contributed by atoms with Gasteiger partial charge in [0.05, 0.1) is 5.56 Å². The van der Waals surface area contributed by atoms with Gasteiger partial charge in [0.25, 0.3) is 0 Å². The lowest BCUT2D eigenvalue weighted by atomic mass is 10.0. The van der Waals surface area contributed by atoms with Crippen LogP contribution in [-0.2, 0) is 13.6 Å². The molecule has 0 saturated carbocycles. The highest BCUT2D eigenvalue weighted by atomic mass is 31.2. The van der Waals surface area contributed by atoms with E-state index in [9.17, 15) is 14.5 Å². The Kier molecular flexibility index (Phi) is 7.26. The Morgan fingerprint density at radius 3 is 2.32 bits per heavy atom. The van der Waals surface area contributed by atoms with Crippen molar-refractivity contribution in [3.8, 4) is 28.4 Å². The molecule has 0 aliphatic rings. The molecule has 2 aromatic carbocycles. The second kappa shape index (κ2) is 9.73. The molecule has 31 heavy (non-hydrogen) atoms. The zero-order valence-electron chi connectivity index (χ0n) is 15.4. The van der Waals surface area contributed by atoms with Crippen LogP contribution in [0.25, 0.3) is 22.1 Å². The first-order valence-corrected chi connectivity index (χ1v) is 11.0. The molecule has 5 N–H and O–H groups in total. The molecule has 0 radical (unpaired) electrons. The van der Waals surface area contributed by atoms with Crippen molar-refractivity contribution in [3.63, 3.8) is 0 Å². The quantitative estimate of drug-likeness (QED) is 0.225. The molecular formula is C17H16O12P2. The van der Waals surface area contributed by atoms with Crippen molar-refractivity contribution in [2.24, 2.45) is 0 Å². The minimum atomic E-state index is -4.65. The first-order chi connectivity index (χ1) is 14.6. The van der Waals surface area contributed by atoms with Crippen molar-refractivity contribution >= 4 is 27.4 Å². The van der Waals surface area contributed by atoms with Crippen LogP contribution in [0.1, 0.15) is 0 Å². The van der Waals surface area contributed by atoms with E-state index in [2.05, 4.69) is 9.05 Å². The molecule has 0 atom stereocenters. The number of benzene rings is 2. The van der Waals surface area contributed by atoms with E-state index in [-0.39, 0.29) is 28.0 Å². The van der Waals surface area contributed by atoms with Crippen LogP contribution in [0.3, 0.4) is 0 Å². The molecule has 1 aromatic heterocycles. The van der Waals surface area contributed by atoms with Crippen molar-refractivity contribution in [2.75, 3.05) is 13.6 Å². The van der Waals surface area contributed by atoms with Gasteiger partial charge in [0, 0.05) is 12.1 Å². The summed E-state index contributed by atoms with van der Waals surface area (Å²) in [5.41, 5.74) is 0.0955. The van der Waals surface area contributed by atoms with Gasteiger partial charge in [-0.15, -0.1) is 0 Å². The Morgan fingerprint density at radius 1 is 1.00 bits per heavy atom. The van der Waals surface area contributed by atoms with Gasteiger partial charge in [-0.05, 0) is 17.7 Å². The van der Waals surface area contributed by atoms with Gasteiger partial charge in [-0.1, -0.05) is 12.1 Å². The number of fused-ring (bicyclic) bond motifs is 1. The molecule has 0 spiro atoms. The molecule has 0 fully saturated rings. The van der Waals surface area contributed by atoms with Gasteiger partial charge in [-0.25, -0.2) is 9.09 Å². The van der Waals surface area contributed by atoms with E-state index >= 15 is 0 Å². The second-order valence-corrected chi connectivity index (χ2v) is 7.85. The number of aromatic hydroxyl groups is 1. The molecule has 1 heterocycles. The minimum Gasteiger partial charge on any atom is -0.507 e. The first kappa shape index (κ1) is 23.1. The van der Waals surface area contributed by atoms with Gasteiger partial charge in [0.1, 0.15) is 34.5 Å². The predicted molar refractivity (Wildman–Crippen MR) is 106 cm³/mol. The standard InChI is InChI=1S/C17H16O12P2/c18-14-5-12(26-8-28-30(20)21)6-15-16(14)17(19)13(7-25-15)10-1-3-11(4-2-10)27-9-29-31(22,23)24/h1-7,18,20-21H,8-9H2,(H2,22,23,24). The third-order valence-corrected chi connectivity index (χ3v) is 4.61. The zero-order chi connectivity index (χ0) is 22.6. The Morgan fingerprint density at radius 2 is 1.68 bits per heavy atom. The van der Waals surface area contributed by atoms with Crippen molar-refractivity contribution in [2.45, 2.75) is 0 Å². The fourth-order valence-corrected chi connectivity index (χ4v) is 2.86. The van der Waals surface area contributed by atoms with Crippen LogP contribution in [0.2, 0.25) is 0 Å². The molecule has 3 aromatic rings. The van der Waals surface area contributed by atoms with Gasteiger partial charge in [0.2, 0.25) is 5.43 Å². The normalized spacial score (nSPS) is 11.8. The summed E-state index contributed by atoms with van der Waals surface area (Å²) in [7, 11) is -7.25. The number of hydrogen-bond donors (Lipinski definition) is 5. The van der Waals surface area contributed by atoms with E-state index in [1.54, 1.807) is 0 Å². The molecule has 12 nitrogen and oxygen atoms in total. The summed E-state index contributed by atoms with van der Waals surface area (Å²) < 4.78 is 34.9. The molecule has 0 aliphatic heterocycles. The SMILES string of the molecule is O=c1c(-c2ccc(OCOP(=O)(O)O)cc2)coc2cc(OCOP(O)O)cc(O)c12. The lowest BCUT2D eigenvalue weighted by Crippen LogP contribution is -2.06. The lowest BCUT2D eigenvalue weighted by molar-refractivity contribution is 0.0829. The molecule has 0 amide bonds. The highest BCUT2D eigenvalue weighted by Crippen LogP contribution is 2.36. The number of phosphoric acid groups is 1. The van der Waals surface area contributed by atoms with E-state index in [1.165, 1.54) is 36.6 Å². The molecule has 0 unspecified atom stereocenters. The summed E-state index contributed by atoms with van der Waals surface area (Å²) in [5, 5.41) is 10.2. The first-order valence-electron chi connectivity index (χ1n) is 8.29. The molecular weight excluding hydrogens is 458 g/mol. The van der Waals surface area contributed by atoms with Gasteiger partial charge in [0.15, 0.2) is 13.6 Å². The van der Waals surface area contributed by atoms with Crippen LogP contribution in [0.15, 0.2) is 51.9 Å². The van der Waals surface area contributed by atoms with Crippen LogP contribution in [-0.4, -0.2) is 38.3 Å². The number of rotatable bonds is 9. The minimum absolute atomic E-state index is 0.0357. The maximum absolute atomic E-state index is 12.8. The third kappa shape index (κ3) is 6.23. The van der Waals surface area contributed by atoms with Crippen molar-refractivity contribution in [1.29, 1.82) is 0 Å². The average Bonchev–Trinajstić information content (AvgIpc) is 2.67. The van der Waals surface area contributed by atoms with Crippen LogP contribution in [0.5, 0.6) is 17.2 Å². The number of hydrogen-bond acceptors (Lipinski definition) is 10. The maximum atomic E-state index is 12.8. The fourth-order valence-electron chi connectivity index (χ4n) is 2.53. The van der Waals surface area contributed by atoms with Gasteiger partial charge in [-0.3, -0.25) is 9.32 Å². The predicted octanol–water partition coefficient (Wildman–Crippen LogP) is 2.18. The topological polar surface area (TPSA) is 185 Å². The van der Waals surface area contributed by atoms with Gasteiger partial charge in [-0.2, -0.15) is 0 Å². The van der Waals surface area contributed by atoms with E-state index in [1.807, 2.05) is 0 Å². The number of phenolic OH excluding ortho intramolecular Hbond substituents is 1. The zero-order valence-corrected chi connectivity index (χ0v) is 17.2. The number of ether oxygens (including phenoxy) is 2. The fraction of sp³-hybridized carbons (Fsp3) is 0.118. The van der Waals surface area contributed by atoms with Crippen molar-refractivity contribution < 1.29 is 52.2 Å². The number of phosphoric ester groups is 1. The monoisotopic (exact) mass is 474 g/mol. The summed E-state index contributed by atoms with van der Waals surface area (Å²) in [6.45, 7) is -1.15.